The van der Waals surface area contributed by atoms with Crippen LogP contribution in [0, 0.1) is 12.8 Å². The molecule has 1 aliphatic heterocycles. The van der Waals surface area contributed by atoms with Crippen LogP contribution in [0.1, 0.15) is 42.1 Å². The van der Waals surface area contributed by atoms with Crippen molar-refractivity contribution in [3.8, 4) is 5.88 Å². The molecule has 1 N–H and O–H groups in total. The number of halogens is 1. The molecule has 7 heteroatoms. The van der Waals surface area contributed by atoms with E-state index < -0.39 is 0 Å². The standard InChI is InChI=1S/C18H21ClN4OS/c1-11-4-3-9-22(10-11)15(13-5-7-14(19)8-6-13)16-17(24)23-18(25-16)20-12(2)21-23/h5-8,11,15,24H,3-4,9-10H2,1-2H3/t11-,15-/m1/s1. The number of piperidine rings is 1. The van der Waals surface area contributed by atoms with Crippen LogP contribution in [-0.2, 0) is 0 Å². The molecule has 1 aromatic carbocycles. The molecule has 0 bridgehead atoms. The molecule has 4 rings (SSSR count). The van der Waals surface area contributed by atoms with E-state index in [-0.39, 0.29) is 11.9 Å². The monoisotopic (exact) mass is 376 g/mol. The maximum Gasteiger partial charge on any atom is 0.230 e. The molecule has 0 spiro atoms. The maximum absolute atomic E-state index is 10.8. The van der Waals surface area contributed by atoms with Gasteiger partial charge in [0.25, 0.3) is 0 Å². The minimum atomic E-state index is -0.00572. The molecule has 0 amide bonds. The molecule has 0 aliphatic carbocycles. The van der Waals surface area contributed by atoms with Gasteiger partial charge in [-0.05, 0) is 49.9 Å². The van der Waals surface area contributed by atoms with Gasteiger partial charge in [-0.25, -0.2) is 4.98 Å². The highest BCUT2D eigenvalue weighted by molar-refractivity contribution is 7.17. The summed E-state index contributed by atoms with van der Waals surface area (Å²) in [4.78, 5) is 8.49. The lowest BCUT2D eigenvalue weighted by molar-refractivity contribution is 0.149. The molecule has 0 unspecified atom stereocenters. The van der Waals surface area contributed by atoms with Crippen molar-refractivity contribution in [3.05, 3.63) is 45.6 Å². The van der Waals surface area contributed by atoms with Crippen LogP contribution in [0.2, 0.25) is 5.02 Å². The smallest absolute Gasteiger partial charge is 0.230 e. The highest BCUT2D eigenvalue weighted by Crippen LogP contribution is 2.41. The van der Waals surface area contributed by atoms with E-state index in [0.29, 0.717) is 11.7 Å². The first-order valence-electron chi connectivity index (χ1n) is 8.57. The number of rotatable bonds is 3. The van der Waals surface area contributed by atoms with Crippen molar-refractivity contribution in [1.82, 2.24) is 19.5 Å². The van der Waals surface area contributed by atoms with Gasteiger partial charge in [-0.15, -0.1) is 5.10 Å². The van der Waals surface area contributed by atoms with Crippen LogP contribution < -0.4 is 0 Å². The van der Waals surface area contributed by atoms with Gasteiger partial charge in [0.05, 0.1) is 10.9 Å². The average Bonchev–Trinajstić information content (AvgIpc) is 3.08. The van der Waals surface area contributed by atoms with E-state index in [1.54, 1.807) is 4.52 Å². The molecule has 25 heavy (non-hydrogen) atoms. The molecular formula is C18H21ClN4OS. The number of thiazole rings is 1. The minimum absolute atomic E-state index is 0.00572. The molecule has 1 aliphatic rings. The van der Waals surface area contributed by atoms with E-state index in [1.807, 2.05) is 31.2 Å². The largest absolute Gasteiger partial charge is 0.492 e. The van der Waals surface area contributed by atoms with E-state index in [9.17, 15) is 5.11 Å². The Morgan fingerprint density at radius 1 is 1.32 bits per heavy atom. The van der Waals surface area contributed by atoms with E-state index >= 15 is 0 Å². The number of fused-ring (bicyclic) bond motifs is 1. The SMILES string of the molecule is Cc1nc2sc([C@@H](c3ccc(Cl)cc3)N3CCC[C@@H](C)C3)c(O)n2n1. The summed E-state index contributed by atoms with van der Waals surface area (Å²) in [6, 6.07) is 7.92. The van der Waals surface area contributed by atoms with Gasteiger partial charge < -0.3 is 5.11 Å². The number of benzene rings is 1. The average molecular weight is 377 g/mol. The van der Waals surface area contributed by atoms with E-state index in [2.05, 4.69) is 21.9 Å². The minimum Gasteiger partial charge on any atom is -0.492 e. The molecule has 5 nitrogen and oxygen atoms in total. The number of hydrogen-bond donors (Lipinski definition) is 1. The number of nitrogens with zero attached hydrogens (tertiary/aromatic N) is 4. The van der Waals surface area contributed by atoms with Crippen molar-refractivity contribution in [3.63, 3.8) is 0 Å². The van der Waals surface area contributed by atoms with Gasteiger partial charge in [-0.2, -0.15) is 4.52 Å². The lowest BCUT2D eigenvalue weighted by Gasteiger charge is -2.37. The molecule has 132 valence electrons. The highest BCUT2D eigenvalue weighted by Gasteiger charge is 2.31. The van der Waals surface area contributed by atoms with Gasteiger partial charge in [0, 0.05) is 11.6 Å². The summed E-state index contributed by atoms with van der Waals surface area (Å²) in [7, 11) is 0. The summed E-state index contributed by atoms with van der Waals surface area (Å²) in [5.74, 6) is 1.51. The van der Waals surface area contributed by atoms with E-state index in [0.717, 1.165) is 33.5 Å². The van der Waals surface area contributed by atoms with Crippen LogP contribution in [0.15, 0.2) is 24.3 Å². The lowest BCUT2D eigenvalue weighted by atomic mass is 9.95. The van der Waals surface area contributed by atoms with Gasteiger partial charge in [0.2, 0.25) is 10.8 Å². The summed E-state index contributed by atoms with van der Waals surface area (Å²) >= 11 is 7.59. The van der Waals surface area contributed by atoms with Gasteiger partial charge in [0.1, 0.15) is 5.82 Å². The first-order chi connectivity index (χ1) is 12.0. The van der Waals surface area contributed by atoms with Crippen molar-refractivity contribution in [2.24, 2.45) is 5.92 Å². The Bertz CT molecular complexity index is 889. The third kappa shape index (κ3) is 3.14. The molecule has 2 aromatic heterocycles. The topological polar surface area (TPSA) is 53.7 Å². The van der Waals surface area contributed by atoms with Gasteiger partial charge >= 0.3 is 0 Å². The summed E-state index contributed by atoms with van der Waals surface area (Å²) in [5.41, 5.74) is 1.13. The van der Waals surface area contributed by atoms with Gasteiger partial charge in [-0.3, -0.25) is 4.90 Å². The molecular weight excluding hydrogens is 356 g/mol. The van der Waals surface area contributed by atoms with Crippen LogP contribution >= 0.6 is 22.9 Å². The van der Waals surface area contributed by atoms with Crippen LogP contribution in [0.3, 0.4) is 0 Å². The zero-order valence-corrected chi connectivity index (χ0v) is 15.9. The Morgan fingerprint density at radius 2 is 2.08 bits per heavy atom. The number of likely N-dealkylation sites (tertiary alicyclic amines) is 1. The van der Waals surface area contributed by atoms with Crippen molar-refractivity contribution >= 4 is 27.9 Å². The van der Waals surface area contributed by atoms with Crippen molar-refractivity contribution in [2.45, 2.75) is 32.7 Å². The number of hydrogen-bond acceptors (Lipinski definition) is 5. The van der Waals surface area contributed by atoms with Crippen molar-refractivity contribution < 1.29 is 5.11 Å². The number of aromatic nitrogens is 3. The number of aromatic hydroxyl groups is 1. The second-order valence-electron chi connectivity index (χ2n) is 6.84. The zero-order valence-electron chi connectivity index (χ0n) is 14.3. The zero-order chi connectivity index (χ0) is 17.6. The predicted molar refractivity (Wildman–Crippen MR) is 101 cm³/mol. The summed E-state index contributed by atoms with van der Waals surface area (Å²) in [6.07, 6.45) is 2.43. The van der Waals surface area contributed by atoms with Crippen LogP contribution in [-0.4, -0.2) is 37.7 Å². The Hall–Kier alpha value is -1.63. The van der Waals surface area contributed by atoms with E-state index in [4.69, 9.17) is 11.6 Å². The Kier molecular flexibility index (Phi) is 4.43. The summed E-state index contributed by atoms with van der Waals surface area (Å²) in [5, 5.41) is 15.8. The van der Waals surface area contributed by atoms with Crippen LogP contribution in [0.4, 0.5) is 0 Å². The first kappa shape index (κ1) is 16.8. The Morgan fingerprint density at radius 3 is 2.76 bits per heavy atom. The van der Waals surface area contributed by atoms with Crippen LogP contribution in [0.5, 0.6) is 5.88 Å². The normalized spacial score (nSPS) is 20.2. The summed E-state index contributed by atoms with van der Waals surface area (Å²) < 4.78 is 1.55. The molecule has 1 saturated heterocycles. The molecule has 0 saturated carbocycles. The number of aryl methyl sites for hydroxylation is 1. The molecule has 0 radical (unpaired) electrons. The first-order valence-corrected chi connectivity index (χ1v) is 9.77. The molecule has 2 atom stereocenters. The van der Waals surface area contributed by atoms with E-state index in [1.165, 1.54) is 24.2 Å². The Labute approximate surface area is 155 Å². The van der Waals surface area contributed by atoms with Crippen molar-refractivity contribution in [2.75, 3.05) is 13.1 Å². The second-order valence-corrected chi connectivity index (χ2v) is 8.29. The third-order valence-electron chi connectivity index (χ3n) is 4.79. The molecule has 3 heterocycles. The predicted octanol–water partition coefficient (Wildman–Crippen LogP) is 4.28. The van der Waals surface area contributed by atoms with Crippen molar-refractivity contribution in [1.29, 1.82) is 0 Å². The fourth-order valence-corrected chi connectivity index (χ4v) is 4.95. The maximum atomic E-state index is 10.8. The fraction of sp³-hybridized carbons (Fsp3) is 0.444. The second kappa shape index (κ2) is 6.59. The molecule has 1 fully saturated rings. The fourth-order valence-electron chi connectivity index (χ4n) is 3.66. The lowest BCUT2D eigenvalue weighted by Crippen LogP contribution is -2.37. The Balaban J connectivity index is 1.81. The third-order valence-corrected chi connectivity index (χ3v) is 6.12. The molecule has 3 aromatic rings. The van der Waals surface area contributed by atoms with Crippen LogP contribution in [0.25, 0.3) is 4.96 Å². The highest BCUT2D eigenvalue weighted by atomic mass is 35.5. The van der Waals surface area contributed by atoms with Gasteiger partial charge in [0.15, 0.2) is 0 Å². The van der Waals surface area contributed by atoms with Gasteiger partial charge in [-0.1, -0.05) is 42.0 Å². The summed E-state index contributed by atoms with van der Waals surface area (Å²) in [6.45, 7) is 6.15. The quantitative estimate of drug-likeness (QED) is 0.741.